The first-order valence-corrected chi connectivity index (χ1v) is 7.17. The van der Waals surface area contributed by atoms with E-state index in [9.17, 15) is 0 Å². The molecular formula is C15H20N4O. The average molecular weight is 272 g/mol. The first kappa shape index (κ1) is 13.1. The molecule has 1 N–H and O–H groups in total. The van der Waals surface area contributed by atoms with Crippen molar-refractivity contribution in [2.45, 2.75) is 45.5 Å². The van der Waals surface area contributed by atoms with Crippen LogP contribution < -0.4 is 10.1 Å². The van der Waals surface area contributed by atoms with Crippen LogP contribution in [0.1, 0.15) is 31.2 Å². The van der Waals surface area contributed by atoms with E-state index in [1.165, 1.54) is 18.4 Å². The van der Waals surface area contributed by atoms with Gasteiger partial charge in [0.15, 0.2) is 5.82 Å². The van der Waals surface area contributed by atoms with Crippen molar-refractivity contribution in [3.63, 3.8) is 0 Å². The van der Waals surface area contributed by atoms with Gasteiger partial charge in [-0.1, -0.05) is 12.1 Å². The number of hydrogen-bond acceptors (Lipinski definition) is 4. The molecule has 0 saturated heterocycles. The van der Waals surface area contributed by atoms with Gasteiger partial charge >= 0.3 is 0 Å². The van der Waals surface area contributed by atoms with E-state index in [1.54, 1.807) is 6.33 Å². The fourth-order valence-corrected chi connectivity index (χ4v) is 2.07. The van der Waals surface area contributed by atoms with E-state index >= 15 is 0 Å². The summed E-state index contributed by atoms with van der Waals surface area (Å²) in [7, 11) is 0. The first-order chi connectivity index (χ1) is 9.85. The highest BCUT2D eigenvalue weighted by Gasteiger charge is 2.19. The molecular weight excluding hydrogens is 252 g/mol. The largest absolute Gasteiger partial charge is 0.486 e. The standard InChI is InChI=1S/C15H20N4O/c1-2-19-15(17-11-18-19)10-20-14-7-3-12(4-8-14)9-16-13-5-6-13/h3-4,7-8,11,13,16H,2,5-6,9-10H2,1H3. The third kappa shape index (κ3) is 3.36. The molecule has 5 heteroatoms. The van der Waals surface area contributed by atoms with Crippen molar-refractivity contribution in [1.82, 2.24) is 20.1 Å². The summed E-state index contributed by atoms with van der Waals surface area (Å²) >= 11 is 0. The Balaban J connectivity index is 1.52. The number of hydrogen-bond donors (Lipinski definition) is 1. The monoisotopic (exact) mass is 272 g/mol. The Morgan fingerprint density at radius 2 is 2.10 bits per heavy atom. The van der Waals surface area contributed by atoms with Crippen molar-refractivity contribution in [2.75, 3.05) is 0 Å². The predicted molar refractivity (Wildman–Crippen MR) is 76.3 cm³/mol. The molecule has 20 heavy (non-hydrogen) atoms. The number of aromatic nitrogens is 3. The SMILES string of the molecule is CCn1ncnc1COc1ccc(CNC2CC2)cc1. The first-order valence-electron chi connectivity index (χ1n) is 7.17. The maximum atomic E-state index is 5.74. The van der Waals surface area contributed by atoms with E-state index in [0.717, 1.165) is 30.7 Å². The number of aryl methyl sites for hydroxylation is 1. The zero-order valence-electron chi connectivity index (χ0n) is 11.7. The minimum atomic E-state index is 0.452. The van der Waals surface area contributed by atoms with E-state index in [2.05, 4.69) is 27.5 Å². The maximum absolute atomic E-state index is 5.74. The van der Waals surface area contributed by atoms with Crippen molar-refractivity contribution in [2.24, 2.45) is 0 Å². The highest BCUT2D eigenvalue weighted by Crippen LogP contribution is 2.20. The van der Waals surface area contributed by atoms with Gasteiger partial charge in [0.05, 0.1) is 0 Å². The Kier molecular flexibility index (Phi) is 3.97. The van der Waals surface area contributed by atoms with Crippen LogP contribution in [0.15, 0.2) is 30.6 Å². The lowest BCUT2D eigenvalue weighted by Crippen LogP contribution is -2.15. The number of nitrogens with zero attached hydrogens (tertiary/aromatic N) is 3. The highest BCUT2D eigenvalue weighted by molar-refractivity contribution is 5.27. The fraction of sp³-hybridized carbons (Fsp3) is 0.467. The molecule has 3 rings (SSSR count). The van der Waals surface area contributed by atoms with Gasteiger partial charge in [-0.05, 0) is 37.5 Å². The smallest absolute Gasteiger partial charge is 0.164 e. The normalized spacial score (nSPS) is 14.4. The van der Waals surface area contributed by atoms with Gasteiger partial charge in [-0.2, -0.15) is 5.10 Å². The van der Waals surface area contributed by atoms with Crippen molar-refractivity contribution in [3.05, 3.63) is 42.0 Å². The molecule has 1 aromatic carbocycles. The second-order valence-corrected chi connectivity index (χ2v) is 5.08. The third-order valence-electron chi connectivity index (χ3n) is 3.46. The molecule has 0 unspecified atom stereocenters. The zero-order chi connectivity index (χ0) is 13.8. The number of nitrogens with one attached hydrogen (secondary N) is 1. The predicted octanol–water partition coefficient (Wildman–Crippen LogP) is 2.13. The van der Waals surface area contributed by atoms with Crippen LogP contribution in [0.25, 0.3) is 0 Å². The number of rotatable bonds is 7. The second kappa shape index (κ2) is 6.05. The molecule has 1 aliphatic carbocycles. The summed E-state index contributed by atoms with van der Waals surface area (Å²) in [5, 5.41) is 7.62. The Morgan fingerprint density at radius 3 is 2.80 bits per heavy atom. The minimum absolute atomic E-state index is 0.452. The fourth-order valence-electron chi connectivity index (χ4n) is 2.07. The van der Waals surface area contributed by atoms with Crippen LogP contribution in [0, 0.1) is 0 Å². The molecule has 2 aromatic rings. The topological polar surface area (TPSA) is 52.0 Å². The Labute approximate surface area is 119 Å². The zero-order valence-corrected chi connectivity index (χ0v) is 11.7. The summed E-state index contributed by atoms with van der Waals surface area (Å²) in [4.78, 5) is 4.19. The summed E-state index contributed by atoms with van der Waals surface area (Å²) < 4.78 is 7.58. The second-order valence-electron chi connectivity index (χ2n) is 5.08. The van der Waals surface area contributed by atoms with Gasteiger partial charge < -0.3 is 10.1 Å². The molecule has 0 radical (unpaired) electrons. The quantitative estimate of drug-likeness (QED) is 0.839. The lowest BCUT2D eigenvalue weighted by Gasteiger charge is -2.08. The molecule has 1 aliphatic rings. The molecule has 0 aliphatic heterocycles. The van der Waals surface area contributed by atoms with Crippen LogP contribution >= 0.6 is 0 Å². The van der Waals surface area contributed by atoms with Gasteiger partial charge in [0, 0.05) is 19.1 Å². The Bertz CT molecular complexity index is 545. The molecule has 0 bridgehead atoms. The van der Waals surface area contributed by atoms with Crippen molar-refractivity contribution < 1.29 is 4.74 Å². The van der Waals surface area contributed by atoms with Crippen LogP contribution in [0.3, 0.4) is 0 Å². The van der Waals surface area contributed by atoms with Crippen LogP contribution in [0.4, 0.5) is 0 Å². The van der Waals surface area contributed by atoms with E-state index in [0.29, 0.717) is 6.61 Å². The Hall–Kier alpha value is -1.88. The number of ether oxygens (including phenoxy) is 1. The van der Waals surface area contributed by atoms with Crippen LogP contribution in [0.5, 0.6) is 5.75 Å². The molecule has 1 saturated carbocycles. The molecule has 1 aromatic heterocycles. The van der Waals surface area contributed by atoms with Gasteiger partial charge in [-0.15, -0.1) is 0 Å². The molecule has 0 amide bonds. The van der Waals surface area contributed by atoms with Crippen LogP contribution in [-0.2, 0) is 19.7 Å². The number of benzene rings is 1. The van der Waals surface area contributed by atoms with E-state index in [4.69, 9.17) is 4.74 Å². The minimum Gasteiger partial charge on any atom is -0.486 e. The maximum Gasteiger partial charge on any atom is 0.164 e. The van der Waals surface area contributed by atoms with Gasteiger partial charge in [-0.25, -0.2) is 9.67 Å². The molecule has 106 valence electrons. The molecule has 1 heterocycles. The molecule has 5 nitrogen and oxygen atoms in total. The van der Waals surface area contributed by atoms with Gasteiger partial charge in [0.25, 0.3) is 0 Å². The summed E-state index contributed by atoms with van der Waals surface area (Å²) in [6.45, 7) is 4.24. The van der Waals surface area contributed by atoms with Crippen molar-refractivity contribution in [1.29, 1.82) is 0 Å². The van der Waals surface area contributed by atoms with Crippen LogP contribution in [-0.4, -0.2) is 20.8 Å². The van der Waals surface area contributed by atoms with Gasteiger partial charge in [-0.3, -0.25) is 0 Å². The van der Waals surface area contributed by atoms with Gasteiger partial charge in [0.2, 0.25) is 0 Å². The van der Waals surface area contributed by atoms with E-state index < -0.39 is 0 Å². The lowest BCUT2D eigenvalue weighted by atomic mass is 10.2. The Morgan fingerprint density at radius 1 is 1.30 bits per heavy atom. The third-order valence-corrected chi connectivity index (χ3v) is 3.46. The summed E-state index contributed by atoms with van der Waals surface area (Å²) in [5.41, 5.74) is 1.29. The summed E-state index contributed by atoms with van der Waals surface area (Å²) in [5.74, 6) is 1.72. The van der Waals surface area contributed by atoms with E-state index in [1.807, 2.05) is 23.7 Å². The molecule has 0 atom stereocenters. The average Bonchev–Trinajstić information content (AvgIpc) is 3.21. The summed E-state index contributed by atoms with van der Waals surface area (Å²) in [6.07, 6.45) is 4.20. The van der Waals surface area contributed by atoms with Crippen molar-refractivity contribution >= 4 is 0 Å². The molecule has 1 fully saturated rings. The molecule has 0 spiro atoms. The summed E-state index contributed by atoms with van der Waals surface area (Å²) in [6, 6.07) is 8.98. The highest BCUT2D eigenvalue weighted by atomic mass is 16.5. The van der Waals surface area contributed by atoms with Crippen molar-refractivity contribution in [3.8, 4) is 5.75 Å². The van der Waals surface area contributed by atoms with Gasteiger partial charge in [0.1, 0.15) is 18.7 Å². The lowest BCUT2D eigenvalue weighted by molar-refractivity contribution is 0.287. The van der Waals surface area contributed by atoms with E-state index in [-0.39, 0.29) is 0 Å². The van der Waals surface area contributed by atoms with Crippen LogP contribution in [0.2, 0.25) is 0 Å².